The number of hydrogen-bond donors (Lipinski definition) is 1. The van der Waals surface area contributed by atoms with Gasteiger partial charge in [-0.25, -0.2) is 0 Å². The molecule has 0 aromatic carbocycles. The first-order valence-corrected chi connectivity index (χ1v) is 2.48. The molecule has 1 unspecified atom stereocenters. The molecule has 0 saturated carbocycles. The topological polar surface area (TPSA) is 59.0 Å². The van der Waals surface area contributed by atoms with Gasteiger partial charge in [0, 0.05) is 0 Å². The highest BCUT2D eigenvalue weighted by atomic mass is 16.5. The van der Waals surface area contributed by atoms with Crippen LogP contribution < -0.4 is 5.73 Å². The smallest absolute Gasteiger partial charge is 0.288 e. The molecule has 0 fully saturated rings. The van der Waals surface area contributed by atoms with Crippen LogP contribution >= 0.6 is 0 Å². The lowest BCUT2D eigenvalue weighted by atomic mass is 10.2. The highest BCUT2D eigenvalue weighted by Gasteiger charge is 2.15. The number of rotatable bonds is 2. The molecule has 0 bridgehead atoms. The molecule has 2 N–H and O–H groups in total. The Balaban J connectivity index is 3.58. The van der Waals surface area contributed by atoms with Gasteiger partial charge in [0.2, 0.25) is 0 Å². The van der Waals surface area contributed by atoms with Crippen LogP contribution in [0, 0.1) is 11.5 Å². The number of nitriles is 1. The number of nitrogens with zero attached hydrogens (tertiary/aromatic N) is 1. The van der Waals surface area contributed by atoms with Crippen molar-refractivity contribution in [2.24, 2.45) is 5.73 Å². The lowest BCUT2D eigenvalue weighted by molar-refractivity contribution is 0.0561. The van der Waals surface area contributed by atoms with Gasteiger partial charge in [0.15, 0.2) is 5.72 Å². The minimum atomic E-state index is -0.769. The van der Waals surface area contributed by atoms with E-state index >= 15 is 0 Å². The van der Waals surface area contributed by atoms with Gasteiger partial charge in [-0.2, -0.15) is 5.26 Å². The fraction of sp³-hybridized carbons (Fsp3) is 0.800. The summed E-state index contributed by atoms with van der Waals surface area (Å²) in [6, 6.07) is 0. The molecule has 0 saturated heterocycles. The quantitative estimate of drug-likeness (QED) is 0.421. The first-order chi connectivity index (χ1) is 3.62. The van der Waals surface area contributed by atoms with Gasteiger partial charge in [0.1, 0.15) is 0 Å². The van der Waals surface area contributed by atoms with Crippen molar-refractivity contribution in [1.29, 1.82) is 5.26 Å². The van der Waals surface area contributed by atoms with Crippen molar-refractivity contribution in [3.63, 3.8) is 0 Å². The Kier molecular flexibility index (Phi) is 2.29. The standard InChI is InChI=1S/C5H10N2O/c1-3-5(2,7)8-4-6/h3,7H2,1-2H3. The maximum atomic E-state index is 7.98. The van der Waals surface area contributed by atoms with Crippen LogP contribution in [0.2, 0.25) is 0 Å². The molecule has 8 heavy (non-hydrogen) atoms. The van der Waals surface area contributed by atoms with E-state index in [2.05, 4.69) is 4.74 Å². The predicted molar refractivity (Wildman–Crippen MR) is 29.6 cm³/mol. The fourth-order valence-corrected chi connectivity index (χ4v) is 0.176. The normalized spacial score (nSPS) is 16.2. The van der Waals surface area contributed by atoms with Crippen molar-refractivity contribution in [2.45, 2.75) is 26.0 Å². The Morgan fingerprint density at radius 2 is 2.38 bits per heavy atom. The number of hydrogen-bond acceptors (Lipinski definition) is 3. The van der Waals surface area contributed by atoms with E-state index in [1.54, 1.807) is 6.92 Å². The zero-order valence-corrected chi connectivity index (χ0v) is 5.14. The molecular weight excluding hydrogens is 104 g/mol. The second-order valence-electron chi connectivity index (χ2n) is 1.86. The summed E-state index contributed by atoms with van der Waals surface area (Å²) in [5.41, 5.74) is 4.61. The van der Waals surface area contributed by atoms with Gasteiger partial charge in [-0.05, 0) is 13.3 Å². The zero-order valence-electron chi connectivity index (χ0n) is 5.14. The van der Waals surface area contributed by atoms with Crippen molar-refractivity contribution < 1.29 is 4.74 Å². The molecule has 3 heteroatoms. The summed E-state index contributed by atoms with van der Waals surface area (Å²) >= 11 is 0. The number of nitrogens with two attached hydrogens (primary N) is 1. The van der Waals surface area contributed by atoms with Crippen LogP contribution in [0.15, 0.2) is 0 Å². The van der Waals surface area contributed by atoms with Crippen molar-refractivity contribution in [2.75, 3.05) is 0 Å². The molecule has 0 rings (SSSR count). The monoisotopic (exact) mass is 114 g/mol. The Bertz CT molecular complexity index is 103. The highest BCUT2D eigenvalue weighted by Crippen LogP contribution is 2.03. The van der Waals surface area contributed by atoms with Crippen molar-refractivity contribution in [1.82, 2.24) is 0 Å². The average Bonchev–Trinajstić information content (AvgIpc) is 1.67. The van der Waals surface area contributed by atoms with E-state index in [1.165, 1.54) is 6.26 Å². The second-order valence-corrected chi connectivity index (χ2v) is 1.86. The van der Waals surface area contributed by atoms with Crippen molar-refractivity contribution in [3.05, 3.63) is 0 Å². The minimum absolute atomic E-state index is 0.639. The van der Waals surface area contributed by atoms with E-state index < -0.39 is 5.72 Å². The summed E-state index contributed by atoms with van der Waals surface area (Å²) in [4.78, 5) is 0. The van der Waals surface area contributed by atoms with Gasteiger partial charge in [0.05, 0.1) is 0 Å². The molecule has 3 nitrogen and oxygen atoms in total. The Hall–Kier alpha value is -0.750. The van der Waals surface area contributed by atoms with Crippen molar-refractivity contribution in [3.8, 4) is 6.26 Å². The highest BCUT2D eigenvalue weighted by molar-refractivity contribution is 4.67. The molecular formula is C5H10N2O. The molecule has 1 atom stereocenters. The fourth-order valence-electron chi connectivity index (χ4n) is 0.176. The molecule has 46 valence electrons. The lowest BCUT2D eigenvalue weighted by Gasteiger charge is -2.17. The van der Waals surface area contributed by atoms with Crippen LogP contribution in [-0.2, 0) is 4.74 Å². The molecule has 0 aliphatic rings. The van der Waals surface area contributed by atoms with E-state index in [0.717, 1.165) is 0 Å². The first-order valence-electron chi connectivity index (χ1n) is 2.48. The van der Waals surface area contributed by atoms with E-state index in [-0.39, 0.29) is 0 Å². The summed E-state index contributed by atoms with van der Waals surface area (Å²) in [6.45, 7) is 3.52. The van der Waals surface area contributed by atoms with Crippen LogP contribution in [-0.4, -0.2) is 5.72 Å². The van der Waals surface area contributed by atoms with E-state index in [4.69, 9.17) is 11.0 Å². The first kappa shape index (κ1) is 7.25. The molecule has 0 spiro atoms. The Morgan fingerprint density at radius 3 is 2.50 bits per heavy atom. The van der Waals surface area contributed by atoms with E-state index in [9.17, 15) is 0 Å². The summed E-state index contributed by atoms with van der Waals surface area (Å²) in [6.07, 6.45) is 2.17. The third kappa shape index (κ3) is 2.43. The maximum Gasteiger partial charge on any atom is 0.288 e. The molecule has 0 amide bonds. The summed E-state index contributed by atoms with van der Waals surface area (Å²) in [7, 11) is 0. The molecule has 0 heterocycles. The molecule has 0 aliphatic carbocycles. The molecule has 0 radical (unpaired) electrons. The van der Waals surface area contributed by atoms with Gasteiger partial charge in [-0.3, -0.25) is 5.73 Å². The Labute approximate surface area is 49.0 Å². The lowest BCUT2D eigenvalue weighted by Crippen LogP contribution is -2.36. The average molecular weight is 114 g/mol. The van der Waals surface area contributed by atoms with Gasteiger partial charge in [-0.15, -0.1) is 0 Å². The zero-order chi connectivity index (χ0) is 6.62. The molecule has 0 aromatic rings. The van der Waals surface area contributed by atoms with Crippen molar-refractivity contribution >= 4 is 0 Å². The van der Waals surface area contributed by atoms with Crippen LogP contribution in [0.4, 0.5) is 0 Å². The predicted octanol–water partition coefficient (Wildman–Crippen LogP) is 0.569. The van der Waals surface area contributed by atoms with E-state index in [1.807, 2.05) is 6.92 Å². The van der Waals surface area contributed by atoms with Crippen LogP contribution in [0.3, 0.4) is 0 Å². The Morgan fingerprint density at radius 1 is 1.88 bits per heavy atom. The summed E-state index contributed by atoms with van der Waals surface area (Å²) in [5.74, 6) is 0. The van der Waals surface area contributed by atoms with Gasteiger partial charge in [0.25, 0.3) is 6.26 Å². The van der Waals surface area contributed by atoms with E-state index in [0.29, 0.717) is 6.42 Å². The molecule has 0 aromatic heterocycles. The van der Waals surface area contributed by atoms with Gasteiger partial charge < -0.3 is 4.74 Å². The van der Waals surface area contributed by atoms with Crippen LogP contribution in [0.25, 0.3) is 0 Å². The minimum Gasteiger partial charge on any atom is -0.405 e. The largest absolute Gasteiger partial charge is 0.405 e. The van der Waals surface area contributed by atoms with Crippen LogP contribution in [0.1, 0.15) is 20.3 Å². The number of ether oxygens (including phenoxy) is 1. The molecule has 0 aliphatic heterocycles. The summed E-state index contributed by atoms with van der Waals surface area (Å²) < 4.78 is 4.46. The second kappa shape index (κ2) is 2.53. The van der Waals surface area contributed by atoms with Crippen LogP contribution in [0.5, 0.6) is 0 Å². The third-order valence-electron chi connectivity index (χ3n) is 0.981. The SMILES string of the molecule is CCC(C)(N)OC#N. The van der Waals surface area contributed by atoms with Gasteiger partial charge >= 0.3 is 0 Å². The maximum absolute atomic E-state index is 7.98. The summed E-state index contributed by atoms with van der Waals surface area (Å²) in [5, 5.41) is 7.98. The van der Waals surface area contributed by atoms with Gasteiger partial charge in [-0.1, -0.05) is 6.92 Å². The third-order valence-corrected chi connectivity index (χ3v) is 0.981.